The van der Waals surface area contributed by atoms with Gasteiger partial charge in [0.15, 0.2) is 9.84 Å². The zero-order valence-electron chi connectivity index (χ0n) is 12.7. The summed E-state index contributed by atoms with van der Waals surface area (Å²) in [5.74, 6) is -0.118. The van der Waals surface area contributed by atoms with Gasteiger partial charge in [0.2, 0.25) is 5.91 Å². The number of carbonyl (C=O) groups is 1. The van der Waals surface area contributed by atoms with E-state index in [9.17, 15) is 13.2 Å². The Bertz CT molecular complexity index is 765. The van der Waals surface area contributed by atoms with Gasteiger partial charge in [0.05, 0.1) is 11.3 Å². The highest BCUT2D eigenvalue weighted by molar-refractivity contribution is 7.90. The summed E-state index contributed by atoms with van der Waals surface area (Å²) < 4.78 is 22.8. The number of amides is 1. The van der Waals surface area contributed by atoms with E-state index in [-0.39, 0.29) is 17.2 Å². The molecule has 0 heterocycles. The number of hydrogen-bond donors (Lipinski definition) is 1. The topological polar surface area (TPSA) is 63.2 Å². The molecule has 4 nitrogen and oxygen atoms in total. The molecule has 2 aromatic rings. The number of hydrogen-bond acceptors (Lipinski definition) is 3. The molecular weight excluding hydrogens is 298 g/mol. The number of aryl methyl sites for hydroxylation is 1. The molecule has 0 saturated heterocycles. The lowest BCUT2D eigenvalue weighted by Gasteiger charge is -2.09. The van der Waals surface area contributed by atoms with Crippen molar-refractivity contribution in [3.63, 3.8) is 0 Å². The zero-order chi connectivity index (χ0) is 16.2. The molecule has 0 saturated carbocycles. The quantitative estimate of drug-likeness (QED) is 0.922. The molecule has 0 fully saturated rings. The maximum atomic E-state index is 12.1. The van der Waals surface area contributed by atoms with Gasteiger partial charge in [-0.25, -0.2) is 8.42 Å². The first kappa shape index (κ1) is 16.2. The Morgan fingerprint density at radius 3 is 2.27 bits per heavy atom. The van der Waals surface area contributed by atoms with E-state index in [2.05, 4.69) is 5.32 Å². The number of carbonyl (C=O) groups excluding carboxylic acids is 1. The molecule has 0 atom stereocenters. The SMILES string of the molecule is CCc1ccccc1NC(=O)Cc1ccc(S(C)(=O)=O)cc1. The van der Waals surface area contributed by atoms with Crippen molar-refractivity contribution in [3.05, 3.63) is 59.7 Å². The normalized spacial score (nSPS) is 11.2. The molecular formula is C17H19NO3S. The van der Waals surface area contributed by atoms with Crippen LogP contribution in [0.1, 0.15) is 18.1 Å². The number of sulfone groups is 1. The Hall–Kier alpha value is -2.14. The van der Waals surface area contributed by atoms with Crippen LogP contribution in [0.5, 0.6) is 0 Å². The van der Waals surface area contributed by atoms with Crippen LogP contribution >= 0.6 is 0 Å². The summed E-state index contributed by atoms with van der Waals surface area (Å²) in [6, 6.07) is 14.1. The fourth-order valence-electron chi connectivity index (χ4n) is 2.18. The second-order valence-electron chi connectivity index (χ2n) is 5.15. The third-order valence-electron chi connectivity index (χ3n) is 3.39. The van der Waals surface area contributed by atoms with E-state index >= 15 is 0 Å². The van der Waals surface area contributed by atoms with Crippen molar-refractivity contribution in [2.75, 3.05) is 11.6 Å². The van der Waals surface area contributed by atoms with Crippen LogP contribution in [0.3, 0.4) is 0 Å². The van der Waals surface area contributed by atoms with Crippen molar-refractivity contribution in [2.24, 2.45) is 0 Å². The van der Waals surface area contributed by atoms with E-state index in [4.69, 9.17) is 0 Å². The standard InChI is InChI=1S/C17H19NO3S/c1-3-14-6-4-5-7-16(14)18-17(19)12-13-8-10-15(11-9-13)22(2,20)21/h4-11H,3,12H2,1-2H3,(H,18,19). The highest BCUT2D eigenvalue weighted by atomic mass is 32.2. The van der Waals surface area contributed by atoms with Crippen LogP contribution in [0, 0.1) is 0 Å². The van der Waals surface area contributed by atoms with Crippen LogP contribution in [0.4, 0.5) is 5.69 Å². The average molecular weight is 317 g/mol. The van der Waals surface area contributed by atoms with Gasteiger partial charge in [0.1, 0.15) is 0 Å². The third-order valence-corrected chi connectivity index (χ3v) is 4.52. The first-order valence-electron chi connectivity index (χ1n) is 7.07. The van der Waals surface area contributed by atoms with E-state index in [0.29, 0.717) is 0 Å². The van der Waals surface area contributed by atoms with Crippen molar-refractivity contribution in [3.8, 4) is 0 Å². The van der Waals surface area contributed by atoms with Crippen molar-refractivity contribution >= 4 is 21.4 Å². The molecule has 116 valence electrons. The molecule has 0 unspecified atom stereocenters. The summed E-state index contributed by atoms with van der Waals surface area (Å²) >= 11 is 0. The molecule has 22 heavy (non-hydrogen) atoms. The van der Waals surface area contributed by atoms with E-state index in [0.717, 1.165) is 29.5 Å². The van der Waals surface area contributed by atoms with Gasteiger partial charge in [0, 0.05) is 11.9 Å². The summed E-state index contributed by atoms with van der Waals surface area (Å²) in [6.07, 6.45) is 2.22. The van der Waals surface area contributed by atoms with Crippen LogP contribution in [-0.4, -0.2) is 20.6 Å². The first-order valence-corrected chi connectivity index (χ1v) is 8.96. The van der Waals surface area contributed by atoms with Gasteiger partial charge in [-0.1, -0.05) is 37.3 Å². The molecule has 1 N–H and O–H groups in total. The number of rotatable bonds is 5. The fourth-order valence-corrected chi connectivity index (χ4v) is 2.82. The molecule has 0 spiro atoms. The number of benzene rings is 2. The summed E-state index contributed by atoms with van der Waals surface area (Å²) in [5.41, 5.74) is 2.69. The first-order chi connectivity index (χ1) is 10.4. The van der Waals surface area contributed by atoms with Gasteiger partial charge in [-0.3, -0.25) is 4.79 Å². The summed E-state index contributed by atoms with van der Waals surface area (Å²) in [4.78, 5) is 12.4. The maximum absolute atomic E-state index is 12.1. The van der Waals surface area contributed by atoms with Gasteiger partial charge in [0.25, 0.3) is 0 Å². The molecule has 0 bridgehead atoms. The summed E-state index contributed by atoms with van der Waals surface area (Å²) in [5, 5.41) is 2.90. The minimum atomic E-state index is -3.21. The second kappa shape index (κ2) is 6.75. The second-order valence-corrected chi connectivity index (χ2v) is 7.17. The lowest BCUT2D eigenvalue weighted by atomic mass is 10.1. The largest absolute Gasteiger partial charge is 0.326 e. The molecule has 2 rings (SSSR count). The fraction of sp³-hybridized carbons (Fsp3) is 0.235. The Balaban J connectivity index is 2.06. The summed E-state index contributed by atoms with van der Waals surface area (Å²) in [6.45, 7) is 2.04. The van der Waals surface area contributed by atoms with E-state index in [1.807, 2.05) is 31.2 Å². The highest BCUT2D eigenvalue weighted by Crippen LogP contribution is 2.16. The highest BCUT2D eigenvalue weighted by Gasteiger charge is 2.09. The van der Waals surface area contributed by atoms with Gasteiger partial charge in [-0.2, -0.15) is 0 Å². The molecule has 2 aromatic carbocycles. The maximum Gasteiger partial charge on any atom is 0.228 e. The lowest BCUT2D eigenvalue weighted by molar-refractivity contribution is -0.115. The Labute approximate surface area is 131 Å². The van der Waals surface area contributed by atoms with Gasteiger partial charge in [-0.05, 0) is 35.7 Å². The predicted molar refractivity (Wildman–Crippen MR) is 87.7 cm³/mol. The minimum absolute atomic E-state index is 0.118. The van der Waals surface area contributed by atoms with E-state index < -0.39 is 9.84 Å². The van der Waals surface area contributed by atoms with E-state index in [1.165, 1.54) is 12.1 Å². The number of para-hydroxylation sites is 1. The zero-order valence-corrected chi connectivity index (χ0v) is 13.5. The van der Waals surface area contributed by atoms with Gasteiger partial charge in [-0.15, -0.1) is 0 Å². The molecule has 0 aliphatic heterocycles. The Morgan fingerprint density at radius 2 is 1.68 bits per heavy atom. The molecule has 0 radical (unpaired) electrons. The Kier molecular flexibility index (Phi) is 4.98. The molecule has 0 aliphatic carbocycles. The van der Waals surface area contributed by atoms with Crippen LogP contribution in [0.2, 0.25) is 0 Å². The lowest BCUT2D eigenvalue weighted by Crippen LogP contribution is -2.15. The van der Waals surface area contributed by atoms with Crippen LogP contribution in [0.25, 0.3) is 0 Å². The van der Waals surface area contributed by atoms with Crippen LogP contribution < -0.4 is 5.32 Å². The van der Waals surface area contributed by atoms with Crippen molar-refractivity contribution in [1.82, 2.24) is 0 Å². The molecule has 5 heteroatoms. The smallest absolute Gasteiger partial charge is 0.228 e. The predicted octanol–water partition coefficient (Wildman–Crippen LogP) is 2.83. The summed E-state index contributed by atoms with van der Waals surface area (Å²) in [7, 11) is -3.21. The van der Waals surface area contributed by atoms with Crippen LogP contribution in [-0.2, 0) is 27.5 Å². The minimum Gasteiger partial charge on any atom is -0.326 e. The number of anilines is 1. The monoisotopic (exact) mass is 317 g/mol. The van der Waals surface area contributed by atoms with Crippen LogP contribution in [0.15, 0.2) is 53.4 Å². The number of nitrogens with one attached hydrogen (secondary N) is 1. The molecule has 1 amide bonds. The third kappa shape index (κ3) is 4.18. The van der Waals surface area contributed by atoms with Crippen molar-refractivity contribution in [2.45, 2.75) is 24.7 Å². The van der Waals surface area contributed by atoms with Gasteiger partial charge >= 0.3 is 0 Å². The molecule has 0 aliphatic rings. The van der Waals surface area contributed by atoms with Gasteiger partial charge < -0.3 is 5.32 Å². The average Bonchev–Trinajstić information content (AvgIpc) is 2.47. The van der Waals surface area contributed by atoms with E-state index in [1.54, 1.807) is 12.1 Å². The van der Waals surface area contributed by atoms with Crippen molar-refractivity contribution in [1.29, 1.82) is 0 Å². The Morgan fingerprint density at radius 1 is 1.05 bits per heavy atom. The van der Waals surface area contributed by atoms with Crippen molar-refractivity contribution < 1.29 is 13.2 Å². The molecule has 0 aromatic heterocycles.